The van der Waals surface area contributed by atoms with Crippen LogP contribution in [0.2, 0.25) is 0 Å². The number of benzene rings is 1. The van der Waals surface area contributed by atoms with Crippen molar-refractivity contribution in [3.63, 3.8) is 0 Å². The van der Waals surface area contributed by atoms with E-state index in [9.17, 15) is 9.18 Å². The SMILES string of the molecule is CCNCCC(=O)Nc1ccc(OCC)c(F)c1. The molecule has 0 atom stereocenters. The fourth-order valence-corrected chi connectivity index (χ4v) is 1.45. The summed E-state index contributed by atoms with van der Waals surface area (Å²) in [6.45, 7) is 5.60. The lowest BCUT2D eigenvalue weighted by molar-refractivity contribution is -0.116. The normalized spacial score (nSPS) is 10.2. The third kappa shape index (κ3) is 4.71. The van der Waals surface area contributed by atoms with Crippen molar-refractivity contribution in [1.29, 1.82) is 0 Å². The molecule has 0 aliphatic carbocycles. The second-order valence-electron chi connectivity index (χ2n) is 3.73. The van der Waals surface area contributed by atoms with Crippen LogP contribution in [-0.2, 0) is 4.79 Å². The van der Waals surface area contributed by atoms with E-state index in [1.807, 2.05) is 6.92 Å². The highest BCUT2D eigenvalue weighted by atomic mass is 19.1. The second-order valence-corrected chi connectivity index (χ2v) is 3.73. The van der Waals surface area contributed by atoms with E-state index < -0.39 is 5.82 Å². The molecule has 0 bridgehead atoms. The molecule has 0 radical (unpaired) electrons. The van der Waals surface area contributed by atoms with Crippen molar-refractivity contribution >= 4 is 11.6 Å². The van der Waals surface area contributed by atoms with E-state index in [0.717, 1.165) is 6.54 Å². The third-order valence-electron chi connectivity index (χ3n) is 2.29. The summed E-state index contributed by atoms with van der Waals surface area (Å²) in [6, 6.07) is 4.40. The number of nitrogens with one attached hydrogen (secondary N) is 2. The minimum Gasteiger partial charge on any atom is -0.491 e. The molecule has 1 amide bonds. The summed E-state index contributed by atoms with van der Waals surface area (Å²) in [5.74, 6) is -0.413. The first kappa shape index (κ1) is 14.4. The van der Waals surface area contributed by atoms with Gasteiger partial charge in [0.05, 0.1) is 6.61 Å². The molecule has 0 saturated heterocycles. The molecule has 0 unspecified atom stereocenters. The topological polar surface area (TPSA) is 50.4 Å². The van der Waals surface area contributed by atoms with E-state index in [-0.39, 0.29) is 11.7 Å². The Kier molecular flexibility index (Phi) is 6.14. The molecule has 0 heterocycles. The van der Waals surface area contributed by atoms with Gasteiger partial charge in [-0.3, -0.25) is 4.79 Å². The van der Waals surface area contributed by atoms with Crippen molar-refractivity contribution in [1.82, 2.24) is 5.32 Å². The van der Waals surface area contributed by atoms with Gasteiger partial charge in [0.2, 0.25) is 5.91 Å². The summed E-state index contributed by atoms with van der Waals surface area (Å²) in [4.78, 5) is 11.5. The number of hydrogen-bond acceptors (Lipinski definition) is 3. The number of hydrogen-bond donors (Lipinski definition) is 2. The molecule has 4 nitrogen and oxygen atoms in total. The maximum atomic E-state index is 13.5. The van der Waals surface area contributed by atoms with Crippen molar-refractivity contribution in [2.45, 2.75) is 20.3 Å². The van der Waals surface area contributed by atoms with Crippen LogP contribution in [0.3, 0.4) is 0 Å². The number of ether oxygens (including phenoxy) is 1. The molecule has 0 saturated carbocycles. The summed E-state index contributed by atoms with van der Waals surface area (Å²) in [5, 5.41) is 5.68. The Morgan fingerprint density at radius 3 is 2.78 bits per heavy atom. The summed E-state index contributed by atoms with van der Waals surface area (Å²) in [7, 11) is 0. The predicted octanol–water partition coefficient (Wildman–Crippen LogP) is 2.16. The van der Waals surface area contributed by atoms with Crippen LogP contribution in [0.1, 0.15) is 20.3 Å². The van der Waals surface area contributed by atoms with Crippen LogP contribution in [0.15, 0.2) is 18.2 Å². The van der Waals surface area contributed by atoms with Gasteiger partial charge in [0.25, 0.3) is 0 Å². The molecule has 1 aromatic carbocycles. The standard InChI is InChI=1S/C13H19FN2O2/c1-3-15-8-7-13(17)16-10-5-6-12(18-4-2)11(14)9-10/h5-6,9,15H,3-4,7-8H2,1-2H3,(H,16,17). The molecule has 100 valence electrons. The number of anilines is 1. The fourth-order valence-electron chi connectivity index (χ4n) is 1.45. The number of carbonyl (C=O) groups is 1. The lowest BCUT2D eigenvalue weighted by Gasteiger charge is -2.08. The van der Waals surface area contributed by atoms with Crippen molar-refractivity contribution in [2.75, 3.05) is 25.0 Å². The number of halogens is 1. The van der Waals surface area contributed by atoms with Crippen molar-refractivity contribution < 1.29 is 13.9 Å². The van der Waals surface area contributed by atoms with Gasteiger partial charge in [-0.15, -0.1) is 0 Å². The highest BCUT2D eigenvalue weighted by Crippen LogP contribution is 2.21. The van der Waals surface area contributed by atoms with E-state index >= 15 is 0 Å². The molecule has 18 heavy (non-hydrogen) atoms. The predicted molar refractivity (Wildman–Crippen MR) is 69.4 cm³/mol. The average Bonchev–Trinajstić information content (AvgIpc) is 2.33. The molecule has 2 N–H and O–H groups in total. The monoisotopic (exact) mass is 254 g/mol. The van der Waals surface area contributed by atoms with E-state index in [0.29, 0.717) is 25.3 Å². The minimum atomic E-state index is -0.471. The lowest BCUT2D eigenvalue weighted by Crippen LogP contribution is -2.21. The molecule has 0 aliphatic heterocycles. The quantitative estimate of drug-likeness (QED) is 0.733. The first-order valence-electron chi connectivity index (χ1n) is 6.10. The van der Waals surface area contributed by atoms with E-state index in [1.165, 1.54) is 12.1 Å². The van der Waals surface area contributed by atoms with Gasteiger partial charge in [0.1, 0.15) is 0 Å². The summed E-state index contributed by atoms with van der Waals surface area (Å²) < 4.78 is 18.6. The zero-order valence-electron chi connectivity index (χ0n) is 10.8. The van der Waals surface area contributed by atoms with Crippen LogP contribution in [0, 0.1) is 5.82 Å². The van der Waals surface area contributed by atoms with Crippen LogP contribution in [-0.4, -0.2) is 25.6 Å². The maximum Gasteiger partial charge on any atom is 0.225 e. The van der Waals surface area contributed by atoms with E-state index in [2.05, 4.69) is 10.6 Å². The van der Waals surface area contributed by atoms with Crippen LogP contribution in [0.4, 0.5) is 10.1 Å². The fraction of sp³-hybridized carbons (Fsp3) is 0.462. The molecule has 1 aromatic rings. The summed E-state index contributed by atoms with van der Waals surface area (Å²) >= 11 is 0. The molecule has 0 aliphatic rings. The van der Waals surface area contributed by atoms with Crippen molar-refractivity contribution in [3.8, 4) is 5.75 Å². The summed E-state index contributed by atoms with van der Waals surface area (Å²) in [5.41, 5.74) is 0.442. The van der Waals surface area contributed by atoms with Gasteiger partial charge in [-0.2, -0.15) is 0 Å². The van der Waals surface area contributed by atoms with E-state index in [4.69, 9.17) is 4.74 Å². The Hall–Kier alpha value is -1.62. The van der Waals surface area contributed by atoms with Crippen LogP contribution < -0.4 is 15.4 Å². The van der Waals surface area contributed by atoms with E-state index in [1.54, 1.807) is 13.0 Å². The van der Waals surface area contributed by atoms with Gasteiger partial charge in [0.15, 0.2) is 11.6 Å². The lowest BCUT2D eigenvalue weighted by atomic mass is 10.2. The minimum absolute atomic E-state index is 0.139. The van der Waals surface area contributed by atoms with Gasteiger partial charge in [-0.05, 0) is 25.6 Å². The zero-order valence-corrected chi connectivity index (χ0v) is 10.8. The molecule has 0 aromatic heterocycles. The Morgan fingerprint density at radius 2 is 2.17 bits per heavy atom. The smallest absolute Gasteiger partial charge is 0.225 e. The second kappa shape index (κ2) is 7.66. The molecular weight excluding hydrogens is 235 g/mol. The number of carbonyl (C=O) groups excluding carboxylic acids is 1. The number of rotatable bonds is 7. The molecule has 1 rings (SSSR count). The Bertz CT molecular complexity index is 397. The Balaban J connectivity index is 2.52. The van der Waals surface area contributed by atoms with Crippen molar-refractivity contribution in [2.24, 2.45) is 0 Å². The Morgan fingerprint density at radius 1 is 1.39 bits per heavy atom. The Labute approximate surface area is 107 Å². The highest BCUT2D eigenvalue weighted by molar-refractivity contribution is 5.90. The van der Waals surface area contributed by atoms with Gasteiger partial charge in [-0.1, -0.05) is 6.92 Å². The van der Waals surface area contributed by atoms with Gasteiger partial charge in [0, 0.05) is 24.7 Å². The third-order valence-corrected chi connectivity index (χ3v) is 2.29. The van der Waals surface area contributed by atoms with Crippen LogP contribution in [0.5, 0.6) is 5.75 Å². The van der Waals surface area contributed by atoms with Crippen LogP contribution in [0.25, 0.3) is 0 Å². The molecule has 0 spiro atoms. The molecule has 5 heteroatoms. The zero-order chi connectivity index (χ0) is 13.4. The maximum absolute atomic E-state index is 13.5. The van der Waals surface area contributed by atoms with Gasteiger partial charge >= 0.3 is 0 Å². The first-order chi connectivity index (χ1) is 8.67. The molecular formula is C13H19FN2O2. The van der Waals surface area contributed by atoms with Gasteiger partial charge in [-0.25, -0.2) is 4.39 Å². The molecule has 0 fully saturated rings. The van der Waals surface area contributed by atoms with Crippen LogP contribution >= 0.6 is 0 Å². The first-order valence-corrected chi connectivity index (χ1v) is 6.10. The largest absolute Gasteiger partial charge is 0.491 e. The average molecular weight is 254 g/mol. The summed E-state index contributed by atoms with van der Waals surface area (Å²) in [6.07, 6.45) is 0.364. The number of amides is 1. The van der Waals surface area contributed by atoms with Crippen molar-refractivity contribution in [3.05, 3.63) is 24.0 Å². The van der Waals surface area contributed by atoms with Gasteiger partial charge < -0.3 is 15.4 Å². The highest BCUT2D eigenvalue weighted by Gasteiger charge is 2.06.